The van der Waals surface area contributed by atoms with E-state index < -0.39 is 5.41 Å². The molecule has 0 saturated heterocycles. The Balaban J connectivity index is 0.925. The van der Waals surface area contributed by atoms with Gasteiger partial charge in [-0.15, -0.1) is 0 Å². The van der Waals surface area contributed by atoms with E-state index in [1.54, 1.807) is 0 Å². The standard InChI is InChI=1S/C89H56N2O2/c1-7-29-57(30-8-1)73-53-59-33-19-21-43-65(59)81-71-49-27-51-77(85(71)92-87(73)81)90(63-39-15-5-16-40-63)79-55-75-83(69-47-25-23-45-67(69)79)84-70-48-26-24-46-68(70)80(56-76(84)89(75,61-35-11-3-12-36-61)62-37-13-4-14-38-62)91(64-41-17-6-18-42-64)78-52-28-50-72-82-66-44-22-20-34-60(66)54-74(88(82)93-86(72)78)58-31-9-2-10-32-58/h1-56H. The van der Waals surface area contributed by atoms with Crippen LogP contribution in [0.5, 0.6) is 0 Å². The lowest BCUT2D eigenvalue weighted by molar-refractivity contribution is 0.670. The topological polar surface area (TPSA) is 32.8 Å². The Labute approximate surface area is 537 Å². The average Bonchev–Trinajstić information content (AvgIpc) is 1.53. The molecule has 1 aliphatic rings. The molecule has 2 heterocycles. The normalized spacial score (nSPS) is 12.6. The quantitative estimate of drug-likeness (QED) is 0.137. The molecular formula is C89H56N2O2. The van der Waals surface area contributed by atoms with E-state index in [2.05, 4.69) is 350 Å². The second-order valence-electron chi connectivity index (χ2n) is 24.5. The van der Waals surface area contributed by atoms with Crippen LogP contribution < -0.4 is 9.80 Å². The summed E-state index contributed by atoms with van der Waals surface area (Å²) >= 11 is 0. The van der Waals surface area contributed by atoms with Gasteiger partial charge in [0.25, 0.3) is 0 Å². The Morgan fingerprint density at radius 1 is 0.237 bits per heavy atom. The maximum atomic E-state index is 7.53. The predicted molar refractivity (Wildman–Crippen MR) is 389 cm³/mol. The largest absolute Gasteiger partial charge is 0.453 e. The van der Waals surface area contributed by atoms with Crippen LogP contribution in [0.4, 0.5) is 34.1 Å². The molecule has 2 aromatic heterocycles. The van der Waals surface area contributed by atoms with Gasteiger partial charge < -0.3 is 18.6 Å². The van der Waals surface area contributed by atoms with Crippen molar-refractivity contribution in [1.29, 1.82) is 0 Å². The molecule has 0 radical (unpaired) electrons. The van der Waals surface area contributed by atoms with Crippen molar-refractivity contribution < 1.29 is 8.83 Å². The van der Waals surface area contributed by atoms with Gasteiger partial charge in [-0.05, 0) is 137 Å². The van der Waals surface area contributed by atoms with E-state index in [9.17, 15) is 0 Å². The molecule has 4 nitrogen and oxygen atoms in total. The van der Waals surface area contributed by atoms with Gasteiger partial charge in [0.1, 0.15) is 11.2 Å². The predicted octanol–water partition coefficient (Wildman–Crippen LogP) is 24.7. The fourth-order valence-corrected chi connectivity index (χ4v) is 15.8. The van der Waals surface area contributed by atoms with Crippen LogP contribution in [-0.2, 0) is 5.41 Å². The summed E-state index contributed by atoms with van der Waals surface area (Å²) < 4.78 is 15.1. The van der Waals surface area contributed by atoms with Crippen molar-refractivity contribution in [3.63, 3.8) is 0 Å². The summed E-state index contributed by atoms with van der Waals surface area (Å²) in [5.74, 6) is 0. The van der Waals surface area contributed by atoms with E-state index in [0.29, 0.717) is 0 Å². The molecule has 0 atom stereocenters. The smallest absolute Gasteiger partial charge is 0.159 e. The van der Waals surface area contributed by atoms with Gasteiger partial charge in [-0.25, -0.2) is 0 Å². The van der Waals surface area contributed by atoms with Crippen molar-refractivity contribution in [3.8, 4) is 33.4 Å². The summed E-state index contributed by atoms with van der Waals surface area (Å²) in [6, 6.07) is 124. The SMILES string of the molecule is c1ccc(-c2cc3ccccc3c3c2oc2c(N(c4ccccc4)c4cc5c(c6ccccc46)-c4c(cc(N(c6ccccc6)c6cccc7c6oc6c(-c8ccccc8)cc8ccccc8c67)c6ccccc46)C5(c4ccccc4)c4ccccc4)cccc23)cc1. The molecule has 19 rings (SSSR count). The second-order valence-corrected chi connectivity index (χ2v) is 24.5. The van der Waals surface area contributed by atoms with Gasteiger partial charge in [0.05, 0.1) is 28.2 Å². The first kappa shape index (κ1) is 52.7. The molecule has 0 spiro atoms. The van der Waals surface area contributed by atoms with Crippen LogP contribution in [0.15, 0.2) is 349 Å². The Kier molecular flexibility index (Phi) is 11.9. The molecule has 0 fully saturated rings. The van der Waals surface area contributed by atoms with Crippen LogP contribution in [0, 0.1) is 0 Å². The lowest BCUT2D eigenvalue weighted by Gasteiger charge is -2.36. The van der Waals surface area contributed by atoms with E-state index >= 15 is 0 Å². The number of para-hydroxylation sites is 4. The molecule has 0 amide bonds. The van der Waals surface area contributed by atoms with Crippen LogP contribution >= 0.6 is 0 Å². The zero-order valence-corrected chi connectivity index (χ0v) is 50.5. The highest BCUT2D eigenvalue weighted by Crippen LogP contribution is 2.63. The number of benzene rings is 16. The molecule has 16 aromatic carbocycles. The zero-order chi connectivity index (χ0) is 61.1. The minimum Gasteiger partial charge on any atom is -0.453 e. The number of hydrogen-bond acceptors (Lipinski definition) is 4. The van der Waals surface area contributed by atoms with E-state index in [1.807, 2.05) is 0 Å². The van der Waals surface area contributed by atoms with Crippen molar-refractivity contribution in [2.75, 3.05) is 9.80 Å². The summed E-state index contributed by atoms with van der Waals surface area (Å²) in [6.45, 7) is 0. The van der Waals surface area contributed by atoms with E-state index in [4.69, 9.17) is 8.83 Å². The minimum absolute atomic E-state index is 0.815. The van der Waals surface area contributed by atoms with Crippen LogP contribution in [0.1, 0.15) is 22.3 Å². The molecule has 434 valence electrons. The van der Waals surface area contributed by atoms with Gasteiger partial charge in [-0.1, -0.05) is 279 Å². The Bertz CT molecular complexity index is 5610. The Morgan fingerprint density at radius 3 is 0.957 bits per heavy atom. The monoisotopic (exact) mass is 1180 g/mol. The van der Waals surface area contributed by atoms with Gasteiger partial charge in [0.15, 0.2) is 11.2 Å². The number of furan rings is 2. The molecular weight excluding hydrogens is 1130 g/mol. The lowest BCUT2D eigenvalue weighted by Crippen LogP contribution is -2.29. The fourth-order valence-electron chi connectivity index (χ4n) is 15.8. The molecule has 0 N–H and O–H groups in total. The first-order chi connectivity index (χ1) is 46.2. The number of nitrogens with zero attached hydrogens (tertiary/aromatic N) is 2. The third-order valence-corrected chi connectivity index (χ3v) is 19.6. The average molecular weight is 1190 g/mol. The van der Waals surface area contributed by atoms with Crippen LogP contribution in [0.3, 0.4) is 0 Å². The van der Waals surface area contributed by atoms with Gasteiger partial charge in [0, 0.05) is 54.8 Å². The maximum absolute atomic E-state index is 7.53. The van der Waals surface area contributed by atoms with E-state index in [1.165, 1.54) is 33.0 Å². The van der Waals surface area contributed by atoms with Crippen LogP contribution in [-0.4, -0.2) is 0 Å². The summed E-state index contributed by atoms with van der Waals surface area (Å²) in [4.78, 5) is 4.92. The Morgan fingerprint density at radius 2 is 0.559 bits per heavy atom. The van der Waals surface area contributed by atoms with Gasteiger partial charge >= 0.3 is 0 Å². The zero-order valence-electron chi connectivity index (χ0n) is 50.5. The highest BCUT2D eigenvalue weighted by atomic mass is 16.3. The minimum atomic E-state index is -0.876. The van der Waals surface area contributed by atoms with Crippen LogP contribution in [0.25, 0.3) is 120 Å². The van der Waals surface area contributed by atoms with Crippen molar-refractivity contribution in [2.45, 2.75) is 5.41 Å². The fraction of sp³-hybridized carbons (Fsp3) is 0.0112. The molecule has 0 bridgehead atoms. The second kappa shape index (κ2) is 20.9. The highest BCUT2D eigenvalue weighted by Gasteiger charge is 2.49. The molecule has 0 unspecified atom stereocenters. The maximum Gasteiger partial charge on any atom is 0.159 e. The first-order valence-electron chi connectivity index (χ1n) is 32.0. The van der Waals surface area contributed by atoms with Gasteiger partial charge in [-0.3, -0.25) is 0 Å². The van der Waals surface area contributed by atoms with Gasteiger partial charge in [0.2, 0.25) is 0 Å². The molecule has 0 aliphatic heterocycles. The number of anilines is 6. The van der Waals surface area contributed by atoms with Crippen molar-refractivity contribution in [3.05, 3.63) is 362 Å². The number of hydrogen-bond donors (Lipinski definition) is 0. The molecule has 1 aliphatic carbocycles. The van der Waals surface area contributed by atoms with Crippen molar-refractivity contribution >= 4 is 121 Å². The van der Waals surface area contributed by atoms with Crippen molar-refractivity contribution in [1.82, 2.24) is 0 Å². The van der Waals surface area contributed by atoms with E-state index in [-0.39, 0.29) is 0 Å². The number of fused-ring (bicyclic) bond motifs is 17. The summed E-state index contributed by atoms with van der Waals surface area (Å²) in [6.07, 6.45) is 0. The first-order valence-corrected chi connectivity index (χ1v) is 32.0. The number of rotatable bonds is 10. The molecule has 18 aromatic rings. The van der Waals surface area contributed by atoms with Crippen molar-refractivity contribution in [2.24, 2.45) is 0 Å². The van der Waals surface area contributed by atoms with Gasteiger partial charge in [-0.2, -0.15) is 0 Å². The highest BCUT2D eigenvalue weighted by molar-refractivity contribution is 6.27. The Hall–Kier alpha value is -12.2. The van der Waals surface area contributed by atoms with Crippen LogP contribution in [0.2, 0.25) is 0 Å². The molecule has 0 saturated carbocycles. The third kappa shape index (κ3) is 7.86. The molecule has 4 heteroatoms. The summed E-state index contributed by atoms with van der Waals surface area (Å²) in [7, 11) is 0. The lowest BCUT2D eigenvalue weighted by atomic mass is 9.67. The summed E-state index contributed by atoms with van der Waals surface area (Å²) in [5, 5.41) is 13.5. The molecule has 93 heavy (non-hydrogen) atoms. The third-order valence-electron chi connectivity index (χ3n) is 19.6. The summed E-state index contributed by atoms with van der Waals surface area (Å²) in [5.41, 5.74) is 19.9. The van der Waals surface area contributed by atoms with E-state index in [0.717, 1.165) is 144 Å².